The minimum absolute atomic E-state index is 0.00145. The Kier molecular flexibility index (Phi) is 25.7. The van der Waals surface area contributed by atoms with Crippen molar-refractivity contribution in [1.29, 1.82) is 0 Å². The fraction of sp³-hybridized carbons (Fsp3) is 0.491. The van der Waals surface area contributed by atoms with Crippen molar-refractivity contribution < 1.29 is 76.3 Å². The molecule has 2 fully saturated rings. The first kappa shape index (κ1) is 63.3. The fourth-order valence-corrected chi connectivity index (χ4v) is 8.45. The lowest BCUT2D eigenvalue weighted by Crippen LogP contribution is -2.68. The van der Waals surface area contributed by atoms with Crippen molar-refractivity contribution in [3.05, 3.63) is 120 Å². The van der Waals surface area contributed by atoms with Gasteiger partial charge in [0.05, 0.1) is 13.2 Å². The summed E-state index contributed by atoms with van der Waals surface area (Å²) in [5, 5.41) is 18.5. The zero-order valence-corrected chi connectivity index (χ0v) is 46.0. The molecule has 12 atom stereocenters. The van der Waals surface area contributed by atoms with E-state index in [4.69, 9.17) is 33.2 Å². The molecule has 23 heteroatoms. The van der Waals surface area contributed by atoms with Crippen LogP contribution in [-0.2, 0) is 89.5 Å². The number of amides is 7. The van der Waals surface area contributed by atoms with Crippen molar-refractivity contribution in [3.8, 4) is 0 Å². The zero-order valence-electron chi connectivity index (χ0n) is 46.0. The van der Waals surface area contributed by atoms with Gasteiger partial charge in [0.1, 0.15) is 73.9 Å². The van der Waals surface area contributed by atoms with Crippen LogP contribution in [0.4, 0.5) is 0 Å². The molecule has 2 heterocycles. The first-order valence-corrected chi connectivity index (χ1v) is 26.6. The zero-order chi connectivity index (χ0) is 58.1. The molecule has 2 saturated heterocycles. The molecule has 0 radical (unpaired) electrons. The molecule has 3 aromatic carbocycles. The SMILES string of the molecule is C=CCO[C@H]1O[C@@H]2CO[C@@H](c3ccccc3)O[C@H]2[C@H](O[C@H](C)C(=O)N[C@@H](C)C(=O)N[C@H](CCC(=O)OCc2ccccc2)C(=O)N[C@@H](CCCCNC(C)=O)C(=O)N[C@H](C)C(=O)N[C@H](C)C(=O)OCc2ccccc2)[C@H]1NC(C)=O. The minimum Gasteiger partial charge on any atom is -0.461 e. The maximum absolute atomic E-state index is 14.3. The van der Waals surface area contributed by atoms with E-state index in [1.165, 1.54) is 47.6 Å². The Hall–Kier alpha value is -7.57. The molecular weight excluding hydrogens is 1040 g/mol. The molecule has 23 nitrogen and oxygen atoms in total. The van der Waals surface area contributed by atoms with Crippen LogP contribution >= 0.6 is 0 Å². The number of ether oxygens (including phenoxy) is 7. The first-order chi connectivity index (χ1) is 38.3. The second-order valence-corrected chi connectivity index (χ2v) is 19.4. The molecular formula is C57H75N7O16. The van der Waals surface area contributed by atoms with Crippen molar-refractivity contribution in [2.45, 2.75) is 160 Å². The predicted octanol–water partition coefficient (Wildman–Crippen LogP) is 2.36. The van der Waals surface area contributed by atoms with E-state index in [0.717, 1.165) is 5.56 Å². The quantitative estimate of drug-likeness (QED) is 0.0286. The molecule has 0 saturated carbocycles. The minimum atomic E-state index is -1.49. The lowest BCUT2D eigenvalue weighted by atomic mass is 9.95. The fourth-order valence-electron chi connectivity index (χ4n) is 8.45. The topological polar surface area (TPSA) is 302 Å². The number of benzene rings is 3. The molecule has 5 rings (SSSR count). The molecule has 0 bridgehead atoms. The average molecular weight is 1110 g/mol. The molecule has 7 amide bonds. The summed E-state index contributed by atoms with van der Waals surface area (Å²) in [5.41, 5.74) is 2.15. The number of nitrogens with one attached hydrogen (secondary N) is 7. The third kappa shape index (κ3) is 20.6. The molecule has 0 aromatic heterocycles. The van der Waals surface area contributed by atoms with Crippen LogP contribution in [0.5, 0.6) is 0 Å². The van der Waals surface area contributed by atoms with Gasteiger partial charge in [-0.2, -0.15) is 0 Å². The van der Waals surface area contributed by atoms with Crippen LogP contribution in [0, 0.1) is 0 Å². The maximum atomic E-state index is 14.3. The number of fused-ring (bicyclic) bond motifs is 1. The number of esters is 2. The maximum Gasteiger partial charge on any atom is 0.328 e. The standard InChI is InChI=1S/C57H75N7O16/c1-8-30-74-57-47(62-39(7)66)49(48-45(79-57)33-77-56(80-48)42-24-16-11-17-25-42)78-37(5)52(70)59-35(3)51(69)63-44(27-28-46(67)75-31-40-20-12-9-13-21-40)54(72)64-43(26-18-19-29-58-38(6)65)53(71)60-34(2)50(68)61-36(4)55(73)76-32-41-22-14-10-15-23-41/h8-17,20-25,34-37,43-45,47-49,56-57H,1,18-19,26-33H2,2-7H3,(H,58,65)(H,59,70)(H,60,71)(H,61,68)(H,62,66)(H,63,69)(H,64,72)/t34-,35+,36-,37-,43+,44-,45-,47-,48-,49-,56-,57+/m1/s1. The van der Waals surface area contributed by atoms with Crippen molar-refractivity contribution >= 4 is 53.3 Å². The van der Waals surface area contributed by atoms with Crippen LogP contribution < -0.4 is 37.2 Å². The number of carbonyl (C=O) groups excluding carboxylic acids is 9. The monoisotopic (exact) mass is 1110 g/mol. The summed E-state index contributed by atoms with van der Waals surface area (Å²) in [6.45, 7) is 12.2. The van der Waals surface area contributed by atoms with Gasteiger partial charge in [0, 0.05) is 32.4 Å². The van der Waals surface area contributed by atoms with Crippen LogP contribution in [0.1, 0.15) is 96.6 Å². The van der Waals surface area contributed by atoms with Gasteiger partial charge in [-0.3, -0.25) is 38.4 Å². The molecule has 0 aliphatic carbocycles. The number of hydrogen-bond donors (Lipinski definition) is 7. The summed E-state index contributed by atoms with van der Waals surface area (Å²) in [7, 11) is 0. The Bertz CT molecular complexity index is 2540. The van der Waals surface area contributed by atoms with Gasteiger partial charge in [-0.05, 0) is 64.5 Å². The highest BCUT2D eigenvalue weighted by Gasteiger charge is 2.52. The summed E-state index contributed by atoms with van der Waals surface area (Å²) in [6.07, 6.45) is -4.49. The van der Waals surface area contributed by atoms with Gasteiger partial charge < -0.3 is 70.4 Å². The summed E-state index contributed by atoms with van der Waals surface area (Å²) in [4.78, 5) is 120. The van der Waals surface area contributed by atoms with E-state index in [2.05, 4.69) is 43.8 Å². The van der Waals surface area contributed by atoms with Crippen molar-refractivity contribution in [1.82, 2.24) is 37.2 Å². The first-order valence-electron chi connectivity index (χ1n) is 26.6. The Morgan fingerprint density at radius 1 is 0.637 bits per heavy atom. The second kappa shape index (κ2) is 32.5. The Morgan fingerprint density at radius 3 is 1.80 bits per heavy atom. The lowest BCUT2D eigenvalue weighted by molar-refractivity contribution is -0.349. The smallest absolute Gasteiger partial charge is 0.328 e. The van der Waals surface area contributed by atoms with Crippen molar-refractivity contribution in [2.24, 2.45) is 0 Å². The molecule has 434 valence electrons. The third-order valence-corrected chi connectivity index (χ3v) is 12.8. The normalized spacial score (nSPS) is 20.7. The molecule has 0 unspecified atom stereocenters. The predicted molar refractivity (Wildman–Crippen MR) is 288 cm³/mol. The van der Waals surface area contributed by atoms with Crippen LogP contribution in [0.25, 0.3) is 0 Å². The van der Waals surface area contributed by atoms with Gasteiger partial charge in [0.15, 0.2) is 12.6 Å². The van der Waals surface area contributed by atoms with Gasteiger partial charge in [-0.1, -0.05) is 97.1 Å². The number of unbranched alkanes of at least 4 members (excludes halogenated alkanes) is 1. The molecule has 2 aliphatic rings. The van der Waals surface area contributed by atoms with Crippen LogP contribution in [-0.4, -0.2) is 140 Å². The van der Waals surface area contributed by atoms with E-state index in [1.54, 1.807) is 54.6 Å². The van der Waals surface area contributed by atoms with E-state index in [-0.39, 0.29) is 58.1 Å². The van der Waals surface area contributed by atoms with E-state index < -0.39 is 121 Å². The molecule has 0 spiro atoms. The highest BCUT2D eigenvalue weighted by atomic mass is 16.8. The number of rotatable bonds is 30. The Labute approximate surface area is 465 Å². The van der Waals surface area contributed by atoms with E-state index in [9.17, 15) is 43.2 Å². The molecule has 80 heavy (non-hydrogen) atoms. The highest BCUT2D eigenvalue weighted by molar-refractivity contribution is 5.96. The molecule has 3 aromatic rings. The van der Waals surface area contributed by atoms with Gasteiger partial charge in [0.2, 0.25) is 41.4 Å². The summed E-state index contributed by atoms with van der Waals surface area (Å²) < 4.78 is 41.8. The number of carbonyl (C=O) groups is 9. The summed E-state index contributed by atoms with van der Waals surface area (Å²) >= 11 is 0. The summed E-state index contributed by atoms with van der Waals surface area (Å²) in [5.74, 6) is -6.18. The van der Waals surface area contributed by atoms with Crippen LogP contribution in [0.15, 0.2) is 104 Å². The van der Waals surface area contributed by atoms with E-state index in [1.807, 2.05) is 36.4 Å². The second-order valence-electron chi connectivity index (χ2n) is 19.4. The van der Waals surface area contributed by atoms with E-state index >= 15 is 0 Å². The number of hydrogen-bond acceptors (Lipinski definition) is 16. The summed E-state index contributed by atoms with van der Waals surface area (Å²) in [6, 6.07) is 19.5. The Balaban J connectivity index is 1.29. The van der Waals surface area contributed by atoms with Crippen molar-refractivity contribution in [2.75, 3.05) is 19.8 Å². The average Bonchev–Trinajstić information content (AvgIpc) is 3.58. The molecule has 7 N–H and O–H groups in total. The van der Waals surface area contributed by atoms with Gasteiger partial charge in [-0.25, -0.2) is 4.79 Å². The third-order valence-electron chi connectivity index (χ3n) is 12.8. The van der Waals surface area contributed by atoms with Crippen LogP contribution in [0.3, 0.4) is 0 Å². The largest absolute Gasteiger partial charge is 0.461 e. The van der Waals surface area contributed by atoms with Gasteiger partial charge in [0.25, 0.3) is 0 Å². The van der Waals surface area contributed by atoms with E-state index in [0.29, 0.717) is 24.0 Å². The lowest BCUT2D eigenvalue weighted by Gasteiger charge is -2.49. The van der Waals surface area contributed by atoms with Gasteiger partial charge in [-0.15, -0.1) is 6.58 Å². The highest BCUT2D eigenvalue weighted by Crippen LogP contribution is 2.36. The molecule has 2 aliphatic heterocycles. The Morgan fingerprint density at radius 2 is 1.19 bits per heavy atom. The van der Waals surface area contributed by atoms with Gasteiger partial charge >= 0.3 is 11.9 Å². The van der Waals surface area contributed by atoms with Crippen molar-refractivity contribution in [3.63, 3.8) is 0 Å². The van der Waals surface area contributed by atoms with Crippen LogP contribution in [0.2, 0.25) is 0 Å².